The van der Waals surface area contributed by atoms with E-state index in [0.717, 1.165) is 18.4 Å². The molecular formula is C15H24O2. The van der Waals surface area contributed by atoms with Crippen molar-refractivity contribution in [3.8, 4) is 0 Å². The van der Waals surface area contributed by atoms with Crippen LogP contribution in [0.4, 0.5) is 0 Å². The summed E-state index contributed by atoms with van der Waals surface area (Å²) in [6.45, 7) is 8.29. The third kappa shape index (κ3) is 1.97. The van der Waals surface area contributed by atoms with Gasteiger partial charge in [0.25, 0.3) is 0 Å². The molecule has 0 heterocycles. The Morgan fingerprint density at radius 2 is 2.12 bits per heavy atom. The van der Waals surface area contributed by atoms with E-state index >= 15 is 0 Å². The minimum Gasteiger partial charge on any atom is -0.389 e. The Kier molecular flexibility index (Phi) is 3.19. The average molecular weight is 236 g/mol. The molecule has 2 rings (SSSR count). The number of carbonyl (C=O) groups excluding carboxylic acids is 1. The van der Waals surface area contributed by atoms with Crippen LogP contribution in [-0.4, -0.2) is 16.5 Å². The molecule has 2 aliphatic carbocycles. The van der Waals surface area contributed by atoms with Gasteiger partial charge >= 0.3 is 0 Å². The molecule has 0 radical (unpaired) electrons. The third-order valence-corrected chi connectivity index (χ3v) is 5.06. The molecule has 0 aromatic heterocycles. The minimum absolute atomic E-state index is 0.170. The van der Waals surface area contributed by atoms with Gasteiger partial charge in [0.15, 0.2) is 5.78 Å². The van der Waals surface area contributed by atoms with Crippen molar-refractivity contribution in [3.05, 3.63) is 11.6 Å². The lowest BCUT2D eigenvalue weighted by atomic mass is 9.57. The Bertz CT molecular complexity index is 356. The number of aliphatic hydroxyl groups is 1. The number of hydrogen-bond donors (Lipinski definition) is 1. The van der Waals surface area contributed by atoms with Gasteiger partial charge in [-0.3, -0.25) is 4.79 Å². The summed E-state index contributed by atoms with van der Waals surface area (Å²) in [6, 6.07) is 0. The molecule has 2 heteroatoms. The van der Waals surface area contributed by atoms with Crippen molar-refractivity contribution in [3.63, 3.8) is 0 Å². The second-order valence-corrected chi connectivity index (χ2v) is 6.33. The summed E-state index contributed by atoms with van der Waals surface area (Å²) < 4.78 is 0. The fourth-order valence-corrected chi connectivity index (χ4v) is 3.57. The van der Waals surface area contributed by atoms with Gasteiger partial charge in [0.1, 0.15) is 0 Å². The van der Waals surface area contributed by atoms with Crippen LogP contribution in [-0.2, 0) is 4.79 Å². The number of fused-ring (bicyclic) bond motifs is 1. The van der Waals surface area contributed by atoms with Crippen LogP contribution >= 0.6 is 0 Å². The van der Waals surface area contributed by atoms with E-state index in [2.05, 4.69) is 20.8 Å². The molecule has 4 atom stereocenters. The molecule has 0 aromatic rings. The maximum absolute atomic E-state index is 11.8. The molecule has 2 nitrogen and oxygen atoms in total. The number of hydrogen-bond acceptors (Lipinski definition) is 2. The maximum Gasteiger partial charge on any atom is 0.158 e. The molecular weight excluding hydrogens is 212 g/mol. The number of Topliss-reactive ketones (excluding diaryl/α,β-unsaturated/α-hetero) is 1. The van der Waals surface area contributed by atoms with E-state index in [-0.39, 0.29) is 17.6 Å². The summed E-state index contributed by atoms with van der Waals surface area (Å²) in [7, 11) is 0. The lowest BCUT2D eigenvalue weighted by molar-refractivity contribution is -0.128. The fraction of sp³-hybridized carbons (Fsp3) is 0.800. The summed E-state index contributed by atoms with van der Waals surface area (Å²) in [6.07, 6.45) is 4.58. The second-order valence-electron chi connectivity index (χ2n) is 6.33. The van der Waals surface area contributed by atoms with Crippen molar-refractivity contribution in [1.82, 2.24) is 0 Å². The zero-order valence-electron chi connectivity index (χ0n) is 11.4. The van der Waals surface area contributed by atoms with Crippen molar-refractivity contribution in [2.75, 3.05) is 0 Å². The van der Waals surface area contributed by atoms with Crippen LogP contribution in [0.2, 0.25) is 0 Å². The van der Waals surface area contributed by atoms with Gasteiger partial charge in [-0.25, -0.2) is 0 Å². The predicted molar refractivity (Wildman–Crippen MR) is 68.5 cm³/mol. The van der Waals surface area contributed by atoms with Gasteiger partial charge < -0.3 is 5.11 Å². The topological polar surface area (TPSA) is 37.3 Å². The molecule has 0 amide bonds. The van der Waals surface area contributed by atoms with Crippen molar-refractivity contribution in [1.29, 1.82) is 0 Å². The van der Waals surface area contributed by atoms with E-state index in [0.29, 0.717) is 18.3 Å². The lowest BCUT2D eigenvalue weighted by Crippen LogP contribution is -2.52. The molecule has 1 N–H and O–H groups in total. The standard InChI is InChI=1S/C15H24O2/c1-9(2)15(17)6-5-10(3)12-8-14(16)11(4)7-13(12)15/h7,9-10,12-13,17H,5-6,8H2,1-4H3/t10-,12+,13+,15-/m1/s1. The molecule has 2 aliphatic rings. The first-order valence-electron chi connectivity index (χ1n) is 6.80. The highest BCUT2D eigenvalue weighted by atomic mass is 16.3. The van der Waals surface area contributed by atoms with Gasteiger partial charge in [-0.15, -0.1) is 0 Å². The monoisotopic (exact) mass is 236 g/mol. The summed E-state index contributed by atoms with van der Waals surface area (Å²) in [4.78, 5) is 11.8. The van der Waals surface area contributed by atoms with Gasteiger partial charge in [0, 0.05) is 12.3 Å². The van der Waals surface area contributed by atoms with E-state index in [1.165, 1.54) is 0 Å². The second kappa shape index (κ2) is 4.24. The molecule has 17 heavy (non-hydrogen) atoms. The van der Waals surface area contributed by atoms with Crippen LogP contribution in [0.25, 0.3) is 0 Å². The quantitative estimate of drug-likeness (QED) is 0.760. The highest BCUT2D eigenvalue weighted by molar-refractivity contribution is 5.95. The first-order chi connectivity index (χ1) is 7.86. The van der Waals surface area contributed by atoms with Crippen LogP contribution in [0.1, 0.15) is 47.0 Å². The number of allylic oxidation sites excluding steroid dienone is 1. The van der Waals surface area contributed by atoms with Crippen LogP contribution in [0, 0.1) is 23.7 Å². The largest absolute Gasteiger partial charge is 0.389 e. The van der Waals surface area contributed by atoms with Crippen LogP contribution in [0.5, 0.6) is 0 Å². The third-order valence-electron chi connectivity index (χ3n) is 5.06. The van der Waals surface area contributed by atoms with Crippen LogP contribution in [0.15, 0.2) is 11.6 Å². The lowest BCUT2D eigenvalue weighted by Gasteiger charge is -2.50. The number of carbonyl (C=O) groups is 1. The zero-order chi connectivity index (χ0) is 12.8. The van der Waals surface area contributed by atoms with E-state index in [9.17, 15) is 9.90 Å². The SMILES string of the molecule is CC1=C[C@H]2[C@@H](CC1=O)[C@H](C)CC[C@@]2(O)C(C)C. The number of rotatable bonds is 1. The Hall–Kier alpha value is -0.630. The Balaban J connectivity index is 2.39. The van der Waals surface area contributed by atoms with Gasteiger partial charge in [-0.2, -0.15) is 0 Å². The van der Waals surface area contributed by atoms with Gasteiger partial charge in [-0.05, 0) is 43.1 Å². The number of ketones is 1. The van der Waals surface area contributed by atoms with E-state index in [1.54, 1.807) is 0 Å². The molecule has 0 unspecified atom stereocenters. The van der Waals surface area contributed by atoms with Crippen molar-refractivity contribution in [2.45, 2.75) is 52.6 Å². The molecule has 0 bridgehead atoms. The van der Waals surface area contributed by atoms with Gasteiger partial charge in [0.05, 0.1) is 5.60 Å². The maximum atomic E-state index is 11.8. The summed E-state index contributed by atoms with van der Waals surface area (Å²) in [5, 5.41) is 10.9. The van der Waals surface area contributed by atoms with Crippen LogP contribution in [0.3, 0.4) is 0 Å². The fourth-order valence-electron chi connectivity index (χ4n) is 3.57. The summed E-state index contributed by atoms with van der Waals surface area (Å²) >= 11 is 0. The summed E-state index contributed by atoms with van der Waals surface area (Å²) in [5.41, 5.74) is 0.235. The van der Waals surface area contributed by atoms with E-state index < -0.39 is 5.60 Å². The first-order valence-corrected chi connectivity index (χ1v) is 6.80. The normalized spacial score (nSPS) is 42.4. The molecule has 0 aromatic carbocycles. The molecule has 0 aliphatic heterocycles. The van der Waals surface area contributed by atoms with E-state index in [4.69, 9.17) is 0 Å². The Labute approximate surface area is 104 Å². The minimum atomic E-state index is -0.612. The van der Waals surface area contributed by atoms with Gasteiger partial charge in [-0.1, -0.05) is 26.8 Å². The Morgan fingerprint density at radius 1 is 1.47 bits per heavy atom. The average Bonchev–Trinajstić information content (AvgIpc) is 2.26. The van der Waals surface area contributed by atoms with E-state index in [1.807, 2.05) is 13.0 Å². The van der Waals surface area contributed by atoms with Crippen molar-refractivity contribution >= 4 is 5.78 Å². The Morgan fingerprint density at radius 3 is 2.71 bits per heavy atom. The van der Waals surface area contributed by atoms with Gasteiger partial charge in [0.2, 0.25) is 0 Å². The molecule has 96 valence electrons. The van der Waals surface area contributed by atoms with Crippen LogP contribution < -0.4 is 0 Å². The molecule has 0 saturated heterocycles. The van der Waals surface area contributed by atoms with Crippen molar-refractivity contribution in [2.24, 2.45) is 23.7 Å². The first kappa shape index (κ1) is 12.8. The van der Waals surface area contributed by atoms with Crippen molar-refractivity contribution < 1.29 is 9.90 Å². The summed E-state index contributed by atoms with van der Waals surface area (Å²) in [5.74, 6) is 1.58. The molecule has 1 fully saturated rings. The molecule has 1 saturated carbocycles. The highest BCUT2D eigenvalue weighted by Crippen LogP contribution is 2.49. The zero-order valence-corrected chi connectivity index (χ0v) is 11.4. The highest BCUT2D eigenvalue weighted by Gasteiger charge is 2.49. The molecule has 0 spiro atoms. The smallest absolute Gasteiger partial charge is 0.158 e. The predicted octanol–water partition coefficient (Wildman–Crippen LogP) is 2.95.